The highest BCUT2D eigenvalue weighted by atomic mass is 16.5. The zero-order valence-corrected chi connectivity index (χ0v) is 18.6. The number of amides is 1. The molecule has 1 fully saturated rings. The second kappa shape index (κ2) is 9.09. The molecule has 172 valence electrons. The number of nitrogens with zero attached hydrogens (tertiary/aromatic N) is 2. The highest BCUT2D eigenvalue weighted by molar-refractivity contribution is 6.09. The van der Waals surface area contributed by atoms with Gasteiger partial charge in [0.25, 0.3) is 5.91 Å². The van der Waals surface area contributed by atoms with Crippen LogP contribution < -0.4 is 20.7 Å². The molecule has 8 nitrogen and oxygen atoms in total. The van der Waals surface area contributed by atoms with Crippen LogP contribution in [0.1, 0.15) is 16.8 Å². The molecule has 2 unspecified atom stereocenters. The average Bonchev–Trinajstić information content (AvgIpc) is 3.61. The third kappa shape index (κ3) is 4.16. The monoisotopic (exact) mass is 456 g/mol. The van der Waals surface area contributed by atoms with Crippen LogP contribution in [0.2, 0.25) is 0 Å². The van der Waals surface area contributed by atoms with E-state index in [0.717, 1.165) is 28.9 Å². The highest BCUT2D eigenvalue weighted by Gasteiger charge is 2.33. The molecule has 2 heterocycles. The van der Waals surface area contributed by atoms with Crippen molar-refractivity contribution in [1.29, 1.82) is 0 Å². The average molecular weight is 457 g/mol. The quantitative estimate of drug-likeness (QED) is 0.286. The number of hydrogen-bond donors (Lipinski definition) is 3. The maximum Gasteiger partial charge on any atom is 0.279 e. The first kappa shape index (κ1) is 21.8. The largest absolute Gasteiger partial charge is 0.494 e. The van der Waals surface area contributed by atoms with Gasteiger partial charge in [-0.15, -0.1) is 0 Å². The molecule has 4 aromatic rings. The van der Waals surface area contributed by atoms with Crippen molar-refractivity contribution in [2.75, 3.05) is 13.7 Å². The van der Waals surface area contributed by atoms with E-state index in [1.807, 2.05) is 48.5 Å². The predicted octanol–water partition coefficient (Wildman–Crippen LogP) is 3.82. The molecule has 2 atom stereocenters. The van der Waals surface area contributed by atoms with E-state index in [4.69, 9.17) is 20.2 Å². The normalized spacial score (nSPS) is 16.8. The highest BCUT2D eigenvalue weighted by Crippen LogP contribution is 2.37. The first-order valence-electron chi connectivity index (χ1n) is 10.9. The van der Waals surface area contributed by atoms with Gasteiger partial charge in [-0.05, 0) is 35.7 Å². The van der Waals surface area contributed by atoms with Gasteiger partial charge in [0.2, 0.25) is 0 Å². The van der Waals surface area contributed by atoms with Crippen LogP contribution in [0.15, 0.2) is 67.0 Å². The van der Waals surface area contributed by atoms with Crippen molar-refractivity contribution >= 4 is 16.8 Å². The molecule has 1 saturated carbocycles. The van der Waals surface area contributed by atoms with Crippen LogP contribution in [-0.2, 0) is 0 Å². The van der Waals surface area contributed by atoms with E-state index >= 15 is 0 Å². The number of rotatable bonds is 7. The number of ether oxygens (including phenoxy) is 2. The van der Waals surface area contributed by atoms with Crippen molar-refractivity contribution in [3.05, 3.63) is 72.6 Å². The molecule has 0 aliphatic heterocycles. The van der Waals surface area contributed by atoms with Crippen molar-refractivity contribution in [2.45, 2.75) is 12.5 Å². The summed E-state index contributed by atoms with van der Waals surface area (Å²) in [6, 6.07) is 17.7. The minimum Gasteiger partial charge on any atom is -0.494 e. The van der Waals surface area contributed by atoms with Crippen molar-refractivity contribution in [3.63, 3.8) is 0 Å². The summed E-state index contributed by atoms with van der Waals surface area (Å²) in [5, 5.41) is 9.76. The lowest BCUT2D eigenvalue weighted by molar-refractivity contribution is 0.0705. The molecule has 8 heteroatoms. The van der Waals surface area contributed by atoms with Gasteiger partial charge < -0.3 is 15.2 Å². The SMILES string of the molecule is COc1c(-c2ccc(-c3ccc(OCC4CC4N)cc3)cc2)nc2ccncc2c1C(=O)NO. The fourth-order valence-corrected chi connectivity index (χ4v) is 3.99. The summed E-state index contributed by atoms with van der Waals surface area (Å²) in [6.07, 6.45) is 4.15. The van der Waals surface area contributed by atoms with E-state index in [9.17, 15) is 10.0 Å². The lowest BCUT2D eigenvalue weighted by Crippen LogP contribution is -2.20. The van der Waals surface area contributed by atoms with Crippen LogP contribution in [0.5, 0.6) is 11.5 Å². The van der Waals surface area contributed by atoms with Crippen LogP contribution >= 0.6 is 0 Å². The molecule has 0 bridgehead atoms. The number of fused-ring (bicyclic) bond motifs is 1. The Bertz CT molecular complexity index is 1340. The summed E-state index contributed by atoms with van der Waals surface area (Å²) in [4.78, 5) is 21.2. The second-order valence-corrected chi connectivity index (χ2v) is 8.27. The lowest BCUT2D eigenvalue weighted by atomic mass is 10.00. The van der Waals surface area contributed by atoms with Gasteiger partial charge in [-0.3, -0.25) is 15.0 Å². The second-order valence-electron chi connectivity index (χ2n) is 8.27. The molecule has 2 aromatic heterocycles. The molecule has 5 rings (SSSR count). The third-order valence-electron chi connectivity index (χ3n) is 6.06. The molecule has 0 radical (unpaired) electrons. The Morgan fingerprint density at radius 2 is 1.74 bits per heavy atom. The number of carbonyl (C=O) groups is 1. The molecule has 2 aromatic carbocycles. The van der Waals surface area contributed by atoms with Gasteiger partial charge in [-0.2, -0.15) is 0 Å². The Morgan fingerprint density at radius 3 is 2.35 bits per heavy atom. The van der Waals surface area contributed by atoms with Gasteiger partial charge >= 0.3 is 0 Å². The standard InChI is InChI=1S/C26H24N4O4/c1-33-25-23(26(31)30-32)20-13-28-11-10-22(20)29-24(25)17-4-2-15(3-5-17)16-6-8-19(9-7-16)34-14-18-12-21(18)27/h2-11,13,18,21,32H,12,14,27H2,1H3,(H,30,31). The van der Waals surface area contributed by atoms with E-state index < -0.39 is 5.91 Å². The van der Waals surface area contributed by atoms with Gasteiger partial charge in [0.1, 0.15) is 11.4 Å². The van der Waals surface area contributed by atoms with Crippen LogP contribution in [0, 0.1) is 5.92 Å². The fraction of sp³-hybridized carbons (Fsp3) is 0.192. The fourth-order valence-electron chi connectivity index (χ4n) is 3.99. The van der Waals surface area contributed by atoms with Crippen molar-refractivity contribution in [1.82, 2.24) is 15.4 Å². The summed E-state index contributed by atoms with van der Waals surface area (Å²) in [7, 11) is 1.46. The number of methoxy groups -OCH3 is 1. The van der Waals surface area contributed by atoms with Crippen LogP contribution in [-0.4, -0.2) is 40.8 Å². The number of hydrogen-bond acceptors (Lipinski definition) is 7. The summed E-state index contributed by atoms with van der Waals surface area (Å²) < 4.78 is 11.4. The molecule has 34 heavy (non-hydrogen) atoms. The number of nitrogens with one attached hydrogen (secondary N) is 1. The number of carbonyl (C=O) groups excluding carboxylic acids is 1. The Kier molecular flexibility index (Phi) is 5.83. The molecular weight excluding hydrogens is 432 g/mol. The van der Waals surface area contributed by atoms with E-state index in [0.29, 0.717) is 29.1 Å². The Balaban J connectivity index is 1.45. The zero-order valence-electron chi connectivity index (χ0n) is 18.6. The molecule has 1 aliphatic carbocycles. The van der Waals surface area contributed by atoms with Gasteiger partial charge in [-0.25, -0.2) is 10.5 Å². The lowest BCUT2D eigenvalue weighted by Gasteiger charge is -2.15. The Morgan fingerprint density at radius 1 is 1.09 bits per heavy atom. The molecular formula is C26H24N4O4. The molecule has 1 amide bonds. The number of nitrogens with two attached hydrogens (primary N) is 1. The van der Waals surface area contributed by atoms with Gasteiger partial charge in [0, 0.05) is 35.3 Å². The van der Waals surface area contributed by atoms with Gasteiger partial charge in [0.05, 0.1) is 24.8 Å². The van der Waals surface area contributed by atoms with E-state index in [1.54, 1.807) is 17.7 Å². The van der Waals surface area contributed by atoms with Crippen LogP contribution in [0.3, 0.4) is 0 Å². The first-order valence-corrected chi connectivity index (χ1v) is 10.9. The summed E-state index contributed by atoms with van der Waals surface area (Å²) in [6.45, 7) is 0.655. The van der Waals surface area contributed by atoms with Gasteiger partial charge in [0.15, 0.2) is 5.75 Å². The van der Waals surface area contributed by atoms with E-state index in [1.165, 1.54) is 13.3 Å². The number of aromatic nitrogens is 2. The minimum absolute atomic E-state index is 0.171. The van der Waals surface area contributed by atoms with Gasteiger partial charge in [-0.1, -0.05) is 36.4 Å². The molecule has 0 saturated heterocycles. The number of hydroxylamine groups is 1. The first-order chi connectivity index (χ1) is 16.6. The zero-order chi connectivity index (χ0) is 23.7. The van der Waals surface area contributed by atoms with E-state index in [2.05, 4.69) is 4.98 Å². The molecule has 1 aliphatic rings. The number of pyridine rings is 2. The summed E-state index contributed by atoms with van der Waals surface area (Å²) >= 11 is 0. The van der Waals surface area contributed by atoms with Crippen molar-refractivity contribution in [3.8, 4) is 33.9 Å². The maximum atomic E-state index is 12.4. The summed E-state index contributed by atoms with van der Waals surface area (Å²) in [5.41, 5.74) is 11.6. The molecule has 4 N–H and O–H groups in total. The van der Waals surface area contributed by atoms with Crippen LogP contribution in [0.25, 0.3) is 33.3 Å². The van der Waals surface area contributed by atoms with Crippen LogP contribution in [0.4, 0.5) is 0 Å². The Labute approximate surface area is 196 Å². The maximum absolute atomic E-state index is 12.4. The minimum atomic E-state index is -0.693. The number of benzene rings is 2. The molecule has 0 spiro atoms. The smallest absolute Gasteiger partial charge is 0.279 e. The third-order valence-corrected chi connectivity index (χ3v) is 6.06. The van der Waals surface area contributed by atoms with Crippen molar-refractivity contribution in [2.24, 2.45) is 11.7 Å². The Hall–Kier alpha value is -4.01. The summed E-state index contributed by atoms with van der Waals surface area (Å²) in [5.74, 6) is 0.861. The van der Waals surface area contributed by atoms with E-state index in [-0.39, 0.29) is 17.4 Å². The topological polar surface area (TPSA) is 120 Å². The predicted molar refractivity (Wildman–Crippen MR) is 128 cm³/mol. The van der Waals surface area contributed by atoms with Crippen molar-refractivity contribution < 1.29 is 19.5 Å².